The molecule has 1 aromatic heterocycles. The molecule has 2 aromatic rings. The first-order chi connectivity index (χ1) is 10.1. The number of hydrogen-bond acceptors (Lipinski definition) is 3. The van der Waals surface area contributed by atoms with Crippen LogP contribution in [0.5, 0.6) is 0 Å². The molecule has 0 spiro atoms. The first-order valence-corrected chi connectivity index (χ1v) is 7.69. The Morgan fingerprint density at radius 1 is 1.29 bits per heavy atom. The van der Waals surface area contributed by atoms with Crippen molar-refractivity contribution in [3.05, 3.63) is 33.9 Å². The number of aromatic nitrogens is 2. The quantitative estimate of drug-likeness (QED) is 0.911. The normalized spacial score (nSPS) is 18.9. The SMILES string of the molecule is Cn1nc(C2CCCOC2)c(-c2c(Cl)cccc2Cl)c1N. The van der Waals surface area contributed by atoms with Gasteiger partial charge in [-0.3, -0.25) is 4.68 Å². The van der Waals surface area contributed by atoms with Crippen LogP contribution in [0.15, 0.2) is 18.2 Å². The molecule has 1 aliphatic heterocycles. The van der Waals surface area contributed by atoms with E-state index in [2.05, 4.69) is 5.10 Å². The first-order valence-electron chi connectivity index (χ1n) is 6.94. The summed E-state index contributed by atoms with van der Waals surface area (Å²) in [5.41, 5.74) is 8.74. The van der Waals surface area contributed by atoms with Crippen molar-refractivity contribution in [1.82, 2.24) is 9.78 Å². The van der Waals surface area contributed by atoms with Gasteiger partial charge in [-0.1, -0.05) is 29.3 Å². The number of nitrogens with zero attached hydrogens (tertiary/aromatic N) is 2. The van der Waals surface area contributed by atoms with Gasteiger partial charge in [0.05, 0.1) is 27.9 Å². The van der Waals surface area contributed by atoms with Crippen molar-refractivity contribution in [3.63, 3.8) is 0 Å². The fraction of sp³-hybridized carbons (Fsp3) is 0.400. The second-order valence-corrected chi connectivity index (χ2v) is 6.09. The van der Waals surface area contributed by atoms with E-state index < -0.39 is 0 Å². The summed E-state index contributed by atoms with van der Waals surface area (Å²) >= 11 is 12.7. The van der Waals surface area contributed by atoms with Gasteiger partial charge in [0.15, 0.2) is 0 Å². The summed E-state index contributed by atoms with van der Waals surface area (Å²) < 4.78 is 7.26. The molecule has 1 saturated heterocycles. The lowest BCUT2D eigenvalue weighted by Gasteiger charge is -2.22. The Morgan fingerprint density at radius 3 is 2.62 bits per heavy atom. The maximum Gasteiger partial charge on any atom is 0.129 e. The van der Waals surface area contributed by atoms with E-state index in [1.165, 1.54) is 0 Å². The molecule has 1 unspecified atom stereocenters. The topological polar surface area (TPSA) is 53.1 Å². The molecule has 2 N–H and O–H groups in total. The van der Waals surface area contributed by atoms with Crippen molar-refractivity contribution in [2.45, 2.75) is 18.8 Å². The van der Waals surface area contributed by atoms with Crippen LogP contribution in [0.25, 0.3) is 11.1 Å². The Hall–Kier alpha value is -1.23. The molecule has 1 aliphatic rings. The zero-order valence-electron chi connectivity index (χ0n) is 11.8. The fourth-order valence-corrected chi connectivity index (χ4v) is 3.38. The lowest BCUT2D eigenvalue weighted by Crippen LogP contribution is -2.16. The van der Waals surface area contributed by atoms with Gasteiger partial charge in [-0.25, -0.2) is 0 Å². The lowest BCUT2D eigenvalue weighted by molar-refractivity contribution is 0.0793. The van der Waals surface area contributed by atoms with Crippen molar-refractivity contribution in [2.75, 3.05) is 18.9 Å². The monoisotopic (exact) mass is 325 g/mol. The van der Waals surface area contributed by atoms with E-state index in [9.17, 15) is 0 Å². The third-order valence-corrected chi connectivity index (χ3v) is 4.51. The zero-order valence-corrected chi connectivity index (χ0v) is 13.3. The van der Waals surface area contributed by atoms with Gasteiger partial charge in [-0.15, -0.1) is 0 Å². The van der Waals surface area contributed by atoms with Crippen molar-refractivity contribution >= 4 is 29.0 Å². The summed E-state index contributed by atoms with van der Waals surface area (Å²) in [7, 11) is 1.83. The predicted molar refractivity (Wildman–Crippen MR) is 85.9 cm³/mol. The molecule has 21 heavy (non-hydrogen) atoms. The third kappa shape index (κ3) is 2.63. The second-order valence-electron chi connectivity index (χ2n) is 5.28. The van der Waals surface area contributed by atoms with E-state index in [4.69, 9.17) is 33.7 Å². The Kier molecular flexibility index (Phi) is 4.11. The molecular formula is C15H17Cl2N3O. The molecule has 0 saturated carbocycles. The van der Waals surface area contributed by atoms with Crippen LogP contribution in [0.1, 0.15) is 24.5 Å². The highest BCUT2D eigenvalue weighted by Crippen LogP contribution is 2.43. The number of nitrogens with two attached hydrogens (primary N) is 1. The molecular weight excluding hydrogens is 309 g/mol. The highest BCUT2D eigenvalue weighted by atomic mass is 35.5. The molecule has 112 valence electrons. The minimum absolute atomic E-state index is 0.226. The van der Waals surface area contributed by atoms with Crippen LogP contribution in [-0.2, 0) is 11.8 Å². The van der Waals surface area contributed by atoms with Gasteiger partial charge < -0.3 is 10.5 Å². The predicted octanol–water partition coefficient (Wildman–Crippen LogP) is 3.87. The van der Waals surface area contributed by atoms with Crippen molar-refractivity contribution < 1.29 is 4.74 Å². The van der Waals surface area contributed by atoms with Gasteiger partial charge >= 0.3 is 0 Å². The average Bonchev–Trinajstić information content (AvgIpc) is 2.77. The number of ether oxygens (including phenoxy) is 1. The number of halogens is 2. The molecule has 0 bridgehead atoms. The first kappa shape index (κ1) is 14.7. The van der Waals surface area contributed by atoms with Gasteiger partial charge in [0.2, 0.25) is 0 Å². The van der Waals surface area contributed by atoms with Crippen LogP contribution < -0.4 is 5.73 Å². The average molecular weight is 326 g/mol. The molecule has 3 rings (SSSR count). The highest BCUT2D eigenvalue weighted by molar-refractivity contribution is 6.39. The number of benzene rings is 1. The largest absolute Gasteiger partial charge is 0.383 e. The third-order valence-electron chi connectivity index (χ3n) is 3.88. The number of aryl methyl sites for hydroxylation is 1. The van der Waals surface area contributed by atoms with Crippen LogP contribution in [0, 0.1) is 0 Å². The maximum absolute atomic E-state index is 6.35. The minimum atomic E-state index is 0.226. The van der Waals surface area contributed by atoms with E-state index in [-0.39, 0.29) is 5.92 Å². The van der Waals surface area contributed by atoms with Crippen LogP contribution >= 0.6 is 23.2 Å². The summed E-state index contributed by atoms with van der Waals surface area (Å²) in [5.74, 6) is 0.801. The van der Waals surface area contributed by atoms with Gasteiger partial charge in [-0.05, 0) is 25.0 Å². The molecule has 0 aliphatic carbocycles. The Morgan fingerprint density at radius 2 is 2.00 bits per heavy atom. The molecule has 2 heterocycles. The smallest absolute Gasteiger partial charge is 0.129 e. The van der Waals surface area contributed by atoms with Gasteiger partial charge in [0.1, 0.15) is 5.82 Å². The van der Waals surface area contributed by atoms with Crippen molar-refractivity contribution in [1.29, 1.82) is 0 Å². The number of nitrogen functional groups attached to an aromatic ring is 1. The van der Waals surface area contributed by atoms with Gasteiger partial charge in [-0.2, -0.15) is 5.10 Å². The number of anilines is 1. The van der Waals surface area contributed by atoms with E-state index in [0.717, 1.165) is 36.3 Å². The molecule has 6 heteroatoms. The van der Waals surface area contributed by atoms with E-state index in [1.807, 2.05) is 25.2 Å². The summed E-state index contributed by atoms with van der Waals surface area (Å²) in [6.07, 6.45) is 2.06. The molecule has 1 aromatic carbocycles. The van der Waals surface area contributed by atoms with E-state index in [0.29, 0.717) is 22.5 Å². The second kappa shape index (κ2) is 5.87. The fourth-order valence-electron chi connectivity index (χ4n) is 2.79. The number of hydrogen-bond donors (Lipinski definition) is 1. The molecule has 0 radical (unpaired) electrons. The van der Waals surface area contributed by atoms with E-state index in [1.54, 1.807) is 4.68 Å². The van der Waals surface area contributed by atoms with Crippen LogP contribution in [-0.4, -0.2) is 23.0 Å². The summed E-state index contributed by atoms with van der Waals surface area (Å²) in [6.45, 7) is 1.46. The summed E-state index contributed by atoms with van der Waals surface area (Å²) in [5, 5.41) is 5.75. The van der Waals surface area contributed by atoms with E-state index >= 15 is 0 Å². The molecule has 4 nitrogen and oxygen atoms in total. The maximum atomic E-state index is 6.35. The van der Waals surface area contributed by atoms with Crippen LogP contribution in [0.3, 0.4) is 0 Å². The number of rotatable bonds is 2. The molecule has 1 fully saturated rings. The minimum Gasteiger partial charge on any atom is -0.383 e. The molecule has 0 amide bonds. The van der Waals surface area contributed by atoms with Crippen molar-refractivity contribution in [3.8, 4) is 11.1 Å². The van der Waals surface area contributed by atoms with Crippen LogP contribution in [0.2, 0.25) is 10.0 Å². The standard InChI is InChI=1S/C15H17Cl2N3O/c1-20-15(18)13(12-10(16)5-2-6-11(12)17)14(19-20)9-4-3-7-21-8-9/h2,5-6,9H,3-4,7-8,18H2,1H3. The Bertz CT molecular complexity index is 643. The Balaban J connectivity index is 2.17. The summed E-state index contributed by atoms with van der Waals surface area (Å²) in [4.78, 5) is 0. The summed E-state index contributed by atoms with van der Waals surface area (Å²) in [6, 6.07) is 5.46. The Labute approximate surface area is 133 Å². The highest BCUT2D eigenvalue weighted by Gasteiger charge is 2.27. The van der Waals surface area contributed by atoms with Gasteiger partial charge in [0.25, 0.3) is 0 Å². The van der Waals surface area contributed by atoms with Gasteiger partial charge in [0, 0.05) is 25.1 Å². The zero-order chi connectivity index (χ0) is 15.0. The van der Waals surface area contributed by atoms with Crippen LogP contribution in [0.4, 0.5) is 5.82 Å². The van der Waals surface area contributed by atoms with Crippen molar-refractivity contribution in [2.24, 2.45) is 7.05 Å². The molecule has 1 atom stereocenters. The lowest BCUT2D eigenvalue weighted by atomic mass is 9.92.